The van der Waals surface area contributed by atoms with Gasteiger partial charge in [-0.15, -0.1) is 12.4 Å². The normalized spacial score (nSPS) is 15.5. The summed E-state index contributed by atoms with van der Waals surface area (Å²) in [6.45, 7) is 0.822. The van der Waals surface area contributed by atoms with Crippen LogP contribution < -0.4 is 5.32 Å². The first-order valence-electron chi connectivity index (χ1n) is 7.36. The van der Waals surface area contributed by atoms with Crippen LogP contribution in [0.1, 0.15) is 28.4 Å². The second-order valence-corrected chi connectivity index (χ2v) is 5.48. The lowest BCUT2D eigenvalue weighted by Crippen LogP contribution is -2.21. The molecule has 3 aromatic rings. The molecule has 0 spiro atoms. The summed E-state index contributed by atoms with van der Waals surface area (Å²) in [6.07, 6.45) is 2.11. The van der Waals surface area contributed by atoms with Crippen molar-refractivity contribution in [2.75, 3.05) is 0 Å². The molecule has 1 unspecified atom stereocenters. The van der Waals surface area contributed by atoms with Crippen molar-refractivity contribution in [1.82, 2.24) is 9.88 Å². The molecule has 1 aliphatic rings. The fourth-order valence-electron chi connectivity index (χ4n) is 3.10. The molecule has 1 aromatic heterocycles. The highest BCUT2D eigenvalue weighted by Gasteiger charge is 2.22. The quantitative estimate of drug-likeness (QED) is 0.737. The Morgan fingerprint density at radius 3 is 2.57 bits per heavy atom. The van der Waals surface area contributed by atoms with Gasteiger partial charge in [-0.2, -0.15) is 5.26 Å². The molecule has 2 heterocycles. The molecule has 0 saturated heterocycles. The van der Waals surface area contributed by atoms with Gasteiger partial charge in [0.25, 0.3) is 0 Å². The van der Waals surface area contributed by atoms with Gasteiger partial charge in [0.05, 0.1) is 17.7 Å². The van der Waals surface area contributed by atoms with Gasteiger partial charge in [0, 0.05) is 24.1 Å². The fraction of sp³-hybridized carbons (Fsp3) is 0.105. The predicted molar refractivity (Wildman–Crippen MR) is 92.9 cm³/mol. The third kappa shape index (κ3) is 2.63. The van der Waals surface area contributed by atoms with Crippen molar-refractivity contribution in [2.45, 2.75) is 12.6 Å². The minimum Gasteiger partial charge on any atom is -0.319 e. The van der Waals surface area contributed by atoms with E-state index in [2.05, 4.69) is 58.5 Å². The summed E-state index contributed by atoms with van der Waals surface area (Å²) in [5, 5.41) is 12.6. The van der Waals surface area contributed by atoms with Gasteiger partial charge in [-0.1, -0.05) is 30.3 Å². The van der Waals surface area contributed by atoms with E-state index in [1.54, 1.807) is 0 Å². The van der Waals surface area contributed by atoms with E-state index in [-0.39, 0.29) is 18.4 Å². The molecule has 1 aliphatic heterocycles. The van der Waals surface area contributed by atoms with Crippen molar-refractivity contribution in [2.24, 2.45) is 0 Å². The maximum absolute atomic E-state index is 8.96. The lowest BCUT2D eigenvalue weighted by atomic mass is 10.0. The number of para-hydroxylation sites is 1. The Labute approximate surface area is 141 Å². The summed E-state index contributed by atoms with van der Waals surface area (Å²) < 4.78 is 2.25. The van der Waals surface area contributed by atoms with Crippen LogP contribution >= 0.6 is 12.4 Å². The second-order valence-electron chi connectivity index (χ2n) is 5.48. The van der Waals surface area contributed by atoms with E-state index in [0.29, 0.717) is 5.56 Å². The van der Waals surface area contributed by atoms with E-state index in [9.17, 15) is 0 Å². The number of aromatic nitrogens is 1. The van der Waals surface area contributed by atoms with Crippen molar-refractivity contribution in [3.05, 3.63) is 89.2 Å². The largest absolute Gasteiger partial charge is 0.319 e. The molecule has 1 atom stereocenters. The number of halogens is 1. The van der Waals surface area contributed by atoms with Crippen molar-refractivity contribution in [3.8, 4) is 11.8 Å². The van der Waals surface area contributed by atoms with Crippen molar-refractivity contribution >= 4 is 12.4 Å². The van der Waals surface area contributed by atoms with Gasteiger partial charge in [-0.3, -0.25) is 0 Å². The number of rotatable bonds is 1. The molecule has 0 fully saturated rings. The van der Waals surface area contributed by atoms with E-state index in [1.807, 2.05) is 24.3 Å². The molecule has 4 heteroatoms. The summed E-state index contributed by atoms with van der Waals surface area (Å²) in [6, 6.07) is 22.8. The van der Waals surface area contributed by atoms with Crippen LogP contribution in [0.5, 0.6) is 0 Å². The summed E-state index contributed by atoms with van der Waals surface area (Å²) in [7, 11) is 0. The lowest BCUT2D eigenvalue weighted by molar-refractivity contribution is 0.601. The monoisotopic (exact) mass is 321 g/mol. The zero-order chi connectivity index (χ0) is 14.9. The molecule has 2 aromatic carbocycles. The van der Waals surface area contributed by atoms with Crippen LogP contribution in [0.25, 0.3) is 5.69 Å². The van der Waals surface area contributed by atoms with Crippen LogP contribution in [0.2, 0.25) is 0 Å². The minimum absolute atomic E-state index is 0. The molecular formula is C19H16ClN3. The summed E-state index contributed by atoms with van der Waals surface area (Å²) in [5.41, 5.74) is 5.60. The third-order valence-electron chi connectivity index (χ3n) is 4.20. The van der Waals surface area contributed by atoms with Crippen LogP contribution in [0, 0.1) is 11.3 Å². The maximum Gasteiger partial charge on any atom is 0.0991 e. The number of fused-ring (bicyclic) bond motifs is 3. The molecule has 0 radical (unpaired) electrons. The van der Waals surface area contributed by atoms with Gasteiger partial charge in [0.1, 0.15) is 0 Å². The smallest absolute Gasteiger partial charge is 0.0991 e. The zero-order valence-electron chi connectivity index (χ0n) is 12.4. The van der Waals surface area contributed by atoms with Gasteiger partial charge < -0.3 is 9.88 Å². The Kier molecular flexibility index (Phi) is 4.20. The van der Waals surface area contributed by atoms with Crippen LogP contribution in [0.15, 0.2) is 66.9 Å². The van der Waals surface area contributed by atoms with Crippen LogP contribution in [-0.2, 0) is 6.54 Å². The van der Waals surface area contributed by atoms with E-state index >= 15 is 0 Å². The Balaban J connectivity index is 0.00000156. The van der Waals surface area contributed by atoms with Crippen LogP contribution in [0.3, 0.4) is 0 Å². The number of hydrogen-bond acceptors (Lipinski definition) is 2. The highest BCUT2D eigenvalue weighted by molar-refractivity contribution is 5.85. The highest BCUT2D eigenvalue weighted by atomic mass is 35.5. The van der Waals surface area contributed by atoms with E-state index in [0.717, 1.165) is 6.54 Å². The summed E-state index contributed by atoms with van der Waals surface area (Å²) in [5.74, 6) is 0. The molecule has 0 saturated carbocycles. The number of benzene rings is 2. The Morgan fingerprint density at radius 1 is 1.00 bits per heavy atom. The molecule has 1 N–H and O–H groups in total. The first kappa shape index (κ1) is 15.4. The first-order valence-corrected chi connectivity index (χ1v) is 7.36. The lowest BCUT2D eigenvalue weighted by Gasteiger charge is -2.18. The molecule has 0 amide bonds. The average Bonchev–Trinajstić information content (AvgIpc) is 3.00. The van der Waals surface area contributed by atoms with Gasteiger partial charge in [-0.25, -0.2) is 0 Å². The fourth-order valence-corrected chi connectivity index (χ4v) is 3.10. The standard InChI is InChI=1S/C19H15N3.ClH/c20-12-14-7-9-15(10-8-14)19-18-6-3-11-22(18)17-5-2-1-4-16(17)13-21-19;/h1-11,19,21H,13H2;1H. The van der Waals surface area contributed by atoms with Crippen molar-refractivity contribution < 1.29 is 0 Å². The third-order valence-corrected chi connectivity index (χ3v) is 4.20. The Morgan fingerprint density at radius 2 is 1.78 bits per heavy atom. The van der Waals surface area contributed by atoms with E-state index < -0.39 is 0 Å². The van der Waals surface area contributed by atoms with Gasteiger partial charge in [0.2, 0.25) is 0 Å². The first-order chi connectivity index (χ1) is 10.9. The zero-order valence-corrected chi connectivity index (χ0v) is 13.3. The van der Waals surface area contributed by atoms with Gasteiger partial charge in [0.15, 0.2) is 0 Å². The van der Waals surface area contributed by atoms with E-state index in [4.69, 9.17) is 5.26 Å². The average molecular weight is 322 g/mol. The van der Waals surface area contributed by atoms with Crippen molar-refractivity contribution in [1.29, 1.82) is 5.26 Å². The van der Waals surface area contributed by atoms with Crippen molar-refractivity contribution in [3.63, 3.8) is 0 Å². The number of nitrogens with one attached hydrogen (secondary N) is 1. The number of hydrogen-bond donors (Lipinski definition) is 1. The van der Waals surface area contributed by atoms with Crippen LogP contribution in [0.4, 0.5) is 0 Å². The molecule has 4 rings (SSSR count). The SMILES string of the molecule is Cl.N#Cc1ccc(C2NCc3ccccc3-n3cccc32)cc1. The second kappa shape index (κ2) is 6.29. The summed E-state index contributed by atoms with van der Waals surface area (Å²) in [4.78, 5) is 0. The molecule has 23 heavy (non-hydrogen) atoms. The maximum atomic E-state index is 8.96. The molecule has 0 bridgehead atoms. The van der Waals surface area contributed by atoms with Gasteiger partial charge >= 0.3 is 0 Å². The molecule has 3 nitrogen and oxygen atoms in total. The minimum atomic E-state index is 0. The van der Waals surface area contributed by atoms with E-state index in [1.165, 1.54) is 22.5 Å². The molecular weight excluding hydrogens is 306 g/mol. The highest BCUT2D eigenvalue weighted by Crippen LogP contribution is 2.30. The number of nitrogens with zero attached hydrogens (tertiary/aromatic N) is 2. The van der Waals surface area contributed by atoms with Gasteiger partial charge in [-0.05, 0) is 41.5 Å². The molecule has 0 aliphatic carbocycles. The predicted octanol–water partition coefficient (Wildman–Crippen LogP) is 3.96. The Bertz CT molecular complexity index is 859. The summed E-state index contributed by atoms with van der Waals surface area (Å²) >= 11 is 0. The number of nitriles is 1. The Hall–Kier alpha value is -2.54. The van der Waals surface area contributed by atoms with Crippen LogP contribution in [-0.4, -0.2) is 4.57 Å². The topological polar surface area (TPSA) is 40.8 Å². The molecule has 114 valence electrons.